The molecule has 0 amide bonds. The molecule has 5 nitrogen and oxygen atoms in total. The number of fused-ring (bicyclic) bond motifs is 6. The topological polar surface area (TPSA) is 46.9 Å². The summed E-state index contributed by atoms with van der Waals surface area (Å²) in [5.41, 5.74) is 8.90. The number of aryl methyl sites for hydroxylation is 1. The molecule has 1 unspecified atom stereocenters. The molecule has 3 aromatic carbocycles. The number of para-hydroxylation sites is 1. The lowest BCUT2D eigenvalue weighted by Gasteiger charge is -2.41. The van der Waals surface area contributed by atoms with Crippen LogP contribution in [0.4, 0.5) is 0 Å². The average molecular weight is 485 g/mol. The Balaban J connectivity index is 0.00000267. The molecule has 2 aliphatic heterocycles. The van der Waals surface area contributed by atoms with Gasteiger partial charge < -0.3 is 19.1 Å². The summed E-state index contributed by atoms with van der Waals surface area (Å²) in [6.45, 7) is 4.55. The van der Waals surface area contributed by atoms with E-state index in [9.17, 15) is 5.11 Å². The van der Waals surface area contributed by atoms with Crippen molar-refractivity contribution < 1.29 is 14.6 Å². The quantitative estimate of drug-likeness (QED) is 0.363. The minimum Gasteiger partial charge on any atom is -0.493 e. The van der Waals surface area contributed by atoms with Crippen molar-refractivity contribution in [2.45, 2.75) is 59.5 Å². The maximum Gasteiger partial charge on any atom is 0.161 e. The van der Waals surface area contributed by atoms with Gasteiger partial charge in [0.25, 0.3) is 0 Å². The second-order valence-electron chi connectivity index (χ2n) is 9.61. The Kier molecular flexibility index (Phi) is 6.78. The molecule has 0 radical (unpaired) electrons. The van der Waals surface area contributed by atoms with Crippen molar-refractivity contribution >= 4 is 10.9 Å². The van der Waals surface area contributed by atoms with Gasteiger partial charge in [-0.15, -0.1) is 0 Å². The summed E-state index contributed by atoms with van der Waals surface area (Å²) in [6, 6.07) is 21.7. The summed E-state index contributed by atoms with van der Waals surface area (Å²) >= 11 is 0. The van der Waals surface area contributed by atoms with E-state index >= 15 is 0 Å². The van der Waals surface area contributed by atoms with E-state index in [1.165, 1.54) is 33.3 Å². The van der Waals surface area contributed by atoms with Crippen LogP contribution in [-0.2, 0) is 39.1 Å². The second kappa shape index (κ2) is 10.00. The highest BCUT2D eigenvalue weighted by molar-refractivity contribution is 5.86. The number of hydrogen-bond donors (Lipinski definition) is 1. The first-order chi connectivity index (χ1) is 17.2. The van der Waals surface area contributed by atoms with Crippen molar-refractivity contribution in [1.82, 2.24) is 9.47 Å². The van der Waals surface area contributed by atoms with Gasteiger partial charge in [0.1, 0.15) is 13.3 Å². The third-order valence-electron chi connectivity index (χ3n) is 7.81. The fourth-order valence-corrected chi connectivity index (χ4v) is 5.88. The molecule has 0 aliphatic carbocycles. The summed E-state index contributed by atoms with van der Waals surface area (Å²) < 4.78 is 14.1. The maximum absolute atomic E-state index is 10.1. The van der Waals surface area contributed by atoms with Crippen LogP contribution in [0.25, 0.3) is 10.9 Å². The fourth-order valence-electron chi connectivity index (χ4n) is 5.88. The van der Waals surface area contributed by atoms with Crippen molar-refractivity contribution in [2.24, 2.45) is 0 Å². The smallest absolute Gasteiger partial charge is 0.161 e. The van der Waals surface area contributed by atoms with Crippen molar-refractivity contribution in [3.63, 3.8) is 0 Å². The van der Waals surface area contributed by atoms with Gasteiger partial charge in [0, 0.05) is 30.2 Å². The number of ether oxygens (including phenoxy) is 2. The molecule has 0 saturated heterocycles. The Hall–Kier alpha value is -3.28. The fraction of sp³-hybridized carbons (Fsp3) is 0.355. The molecule has 1 N–H and O–H groups in total. The zero-order chi connectivity index (χ0) is 23.9. The lowest BCUT2D eigenvalue weighted by Crippen LogP contribution is -2.39. The van der Waals surface area contributed by atoms with Crippen LogP contribution in [0.3, 0.4) is 0 Å². The number of nitrogens with zero attached hydrogens (tertiary/aromatic N) is 2. The monoisotopic (exact) mass is 484 g/mol. The third-order valence-corrected chi connectivity index (χ3v) is 7.81. The molecule has 0 saturated carbocycles. The zero-order valence-electron chi connectivity index (χ0n) is 20.5. The van der Waals surface area contributed by atoms with Crippen LogP contribution < -0.4 is 9.47 Å². The molecule has 5 heteroatoms. The Morgan fingerprint density at radius 1 is 1.00 bits per heavy atom. The molecule has 36 heavy (non-hydrogen) atoms. The van der Waals surface area contributed by atoms with Crippen molar-refractivity contribution in [3.8, 4) is 11.5 Å². The molecule has 188 valence electrons. The van der Waals surface area contributed by atoms with E-state index < -0.39 is 0 Å². The third kappa shape index (κ3) is 4.06. The predicted octanol–water partition coefficient (Wildman–Crippen LogP) is 6.03. The molecule has 0 bridgehead atoms. The highest BCUT2D eigenvalue weighted by atomic mass is 16.5. The molecule has 4 aromatic rings. The largest absolute Gasteiger partial charge is 0.493 e. The number of aliphatic hydroxyl groups excluding tert-OH is 1. The normalized spacial score (nSPS) is 16.6. The molecule has 0 fully saturated rings. The van der Waals surface area contributed by atoms with E-state index in [0.717, 1.165) is 54.9 Å². The number of benzene rings is 3. The van der Waals surface area contributed by atoms with Crippen molar-refractivity contribution in [2.75, 3.05) is 13.7 Å². The highest BCUT2D eigenvalue weighted by Crippen LogP contribution is 2.44. The molecule has 6 rings (SSSR count). The summed E-state index contributed by atoms with van der Waals surface area (Å²) in [7, 11) is 1.72. The van der Waals surface area contributed by atoms with E-state index in [-0.39, 0.29) is 14.2 Å². The number of hydrogen-bond acceptors (Lipinski definition) is 4. The Morgan fingerprint density at radius 3 is 2.53 bits per heavy atom. The van der Waals surface area contributed by atoms with E-state index in [1.54, 1.807) is 7.11 Å². The average Bonchev–Trinajstić information content (AvgIpc) is 3.22. The minimum atomic E-state index is 0. The lowest BCUT2D eigenvalue weighted by atomic mass is 9.85. The highest BCUT2D eigenvalue weighted by Gasteiger charge is 2.35. The van der Waals surface area contributed by atoms with Crippen molar-refractivity contribution in [1.29, 1.82) is 0 Å². The number of aliphatic hydroxyl groups is 1. The van der Waals surface area contributed by atoms with Crippen LogP contribution >= 0.6 is 0 Å². The van der Waals surface area contributed by atoms with Crippen molar-refractivity contribution in [3.05, 3.63) is 94.2 Å². The summed E-state index contributed by atoms with van der Waals surface area (Å²) in [5.74, 6) is 1.60. The standard InChI is InChI=1S/C30H32N2O3.CH4/c1-3-20-8-10-21(11-9-20)18-35-30-14-22-12-13-31-17-28-25(15-27(31)24(22)16-29(30)34-2)23-6-4-5-7-26(23)32(28)19-33;/h4-11,14,16,27,33H,3,12-13,15,17-19H2,1-2H3;1H4. The van der Waals surface area contributed by atoms with Gasteiger partial charge in [-0.25, -0.2) is 0 Å². The molecular weight excluding hydrogens is 448 g/mol. The Morgan fingerprint density at radius 2 is 1.78 bits per heavy atom. The number of methoxy groups -OCH3 is 1. The van der Waals surface area contributed by atoms with Crippen LogP contribution in [0.1, 0.15) is 53.9 Å². The molecule has 0 spiro atoms. The first kappa shape index (κ1) is 24.4. The summed E-state index contributed by atoms with van der Waals surface area (Å²) in [5, 5.41) is 11.4. The number of rotatable bonds is 6. The summed E-state index contributed by atoms with van der Waals surface area (Å²) in [6.07, 6.45) is 2.95. The van der Waals surface area contributed by atoms with Crippen LogP contribution in [0.15, 0.2) is 60.7 Å². The Bertz CT molecular complexity index is 1370. The predicted molar refractivity (Wildman–Crippen MR) is 145 cm³/mol. The summed E-state index contributed by atoms with van der Waals surface area (Å²) in [4.78, 5) is 2.55. The van der Waals surface area contributed by atoms with Crippen LogP contribution in [-0.4, -0.2) is 28.2 Å². The minimum absolute atomic E-state index is 0. The first-order valence-electron chi connectivity index (χ1n) is 12.6. The van der Waals surface area contributed by atoms with E-state index in [2.05, 4.69) is 71.0 Å². The van der Waals surface area contributed by atoms with Crippen LogP contribution in [0.2, 0.25) is 0 Å². The first-order valence-corrected chi connectivity index (χ1v) is 12.6. The molecule has 1 atom stereocenters. The van der Waals surface area contributed by atoms with Crippen LogP contribution in [0, 0.1) is 0 Å². The molecule has 1 aromatic heterocycles. The van der Waals surface area contributed by atoms with Gasteiger partial charge in [-0.05, 0) is 65.3 Å². The maximum atomic E-state index is 10.1. The molecular formula is C31H36N2O3. The van der Waals surface area contributed by atoms with E-state index in [0.29, 0.717) is 12.6 Å². The molecule has 2 aliphatic rings. The van der Waals surface area contributed by atoms with Gasteiger partial charge in [-0.3, -0.25) is 4.90 Å². The molecule has 3 heterocycles. The Labute approximate surface area is 213 Å². The zero-order valence-corrected chi connectivity index (χ0v) is 20.5. The van der Waals surface area contributed by atoms with Gasteiger partial charge in [0.05, 0.1) is 12.6 Å². The SMILES string of the molecule is C.CCc1ccc(COc2cc3c(cc2OC)C2Cc4c(n(CO)c5ccccc45)CN2CC3)cc1. The van der Waals surface area contributed by atoms with E-state index in [4.69, 9.17) is 9.47 Å². The van der Waals surface area contributed by atoms with Gasteiger partial charge in [-0.2, -0.15) is 0 Å². The van der Waals surface area contributed by atoms with Crippen LogP contribution in [0.5, 0.6) is 11.5 Å². The van der Waals surface area contributed by atoms with Gasteiger partial charge in [0.2, 0.25) is 0 Å². The van der Waals surface area contributed by atoms with E-state index in [1.807, 2.05) is 6.07 Å². The van der Waals surface area contributed by atoms with Gasteiger partial charge >= 0.3 is 0 Å². The van der Waals surface area contributed by atoms with Gasteiger partial charge in [0.15, 0.2) is 11.5 Å². The lowest BCUT2D eigenvalue weighted by molar-refractivity contribution is 0.145. The van der Waals surface area contributed by atoms with Gasteiger partial charge in [-0.1, -0.05) is 56.8 Å². The second-order valence-corrected chi connectivity index (χ2v) is 9.61. The number of aromatic nitrogens is 1.